The zero-order valence-corrected chi connectivity index (χ0v) is 10.4. The summed E-state index contributed by atoms with van der Waals surface area (Å²) in [7, 11) is 0. The maximum atomic E-state index is 12.2. The van der Waals surface area contributed by atoms with Crippen LogP contribution in [-0.4, -0.2) is 47.4 Å². The third-order valence-corrected chi connectivity index (χ3v) is 4.45. The zero-order chi connectivity index (χ0) is 11.5. The number of nitrogens with zero attached hydrogens (tertiary/aromatic N) is 1. The summed E-state index contributed by atoms with van der Waals surface area (Å²) in [5.41, 5.74) is 0. The number of amides is 2. The van der Waals surface area contributed by atoms with Gasteiger partial charge in [-0.3, -0.25) is 9.59 Å². The summed E-state index contributed by atoms with van der Waals surface area (Å²) >= 11 is 1.91. The van der Waals surface area contributed by atoms with Gasteiger partial charge in [-0.15, -0.1) is 0 Å². The second-order valence-electron chi connectivity index (χ2n) is 4.50. The number of thioether (sulfide) groups is 1. The van der Waals surface area contributed by atoms with Gasteiger partial charge >= 0.3 is 0 Å². The highest BCUT2D eigenvalue weighted by atomic mass is 32.2. The van der Waals surface area contributed by atoms with Crippen molar-refractivity contribution < 1.29 is 9.59 Å². The maximum Gasteiger partial charge on any atom is 0.227 e. The molecular formula is C11H18N2O2S. The van der Waals surface area contributed by atoms with Gasteiger partial charge in [-0.2, -0.15) is 11.8 Å². The fourth-order valence-corrected chi connectivity index (χ4v) is 3.25. The predicted molar refractivity (Wildman–Crippen MR) is 64.2 cm³/mol. The first-order valence-electron chi connectivity index (χ1n) is 5.83. The van der Waals surface area contributed by atoms with E-state index in [-0.39, 0.29) is 17.7 Å². The van der Waals surface area contributed by atoms with Crippen molar-refractivity contribution >= 4 is 23.6 Å². The van der Waals surface area contributed by atoms with Crippen LogP contribution >= 0.6 is 11.8 Å². The number of piperidine rings is 1. The number of carbonyl (C=O) groups is 2. The lowest BCUT2D eigenvalue weighted by molar-refractivity contribution is -0.138. The van der Waals surface area contributed by atoms with E-state index in [2.05, 4.69) is 12.2 Å². The van der Waals surface area contributed by atoms with Crippen molar-refractivity contribution in [2.24, 2.45) is 5.92 Å². The van der Waals surface area contributed by atoms with Crippen molar-refractivity contribution in [3.63, 3.8) is 0 Å². The van der Waals surface area contributed by atoms with E-state index < -0.39 is 0 Å². The van der Waals surface area contributed by atoms with Gasteiger partial charge in [0.25, 0.3) is 0 Å². The van der Waals surface area contributed by atoms with Gasteiger partial charge in [-0.25, -0.2) is 0 Å². The van der Waals surface area contributed by atoms with Gasteiger partial charge in [0, 0.05) is 37.1 Å². The average molecular weight is 242 g/mol. The molecule has 2 atom stereocenters. The standard InChI is InChI=1S/C11H18N2O2S/c1-8-7-16-5-4-13(8)11(15)9-2-3-10(14)12-6-9/h8-9H,2-7H2,1H3,(H,12,14). The number of rotatable bonds is 1. The Morgan fingerprint density at radius 3 is 3.00 bits per heavy atom. The second kappa shape index (κ2) is 5.08. The molecule has 2 aliphatic rings. The van der Waals surface area contributed by atoms with E-state index in [1.165, 1.54) is 0 Å². The molecule has 0 spiro atoms. The van der Waals surface area contributed by atoms with Crippen LogP contribution in [-0.2, 0) is 9.59 Å². The molecule has 2 unspecified atom stereocenters. The highest BCUT2D eigenvalue weighted by Crippen LogP contribution is 2.21. The third kappa shape index (κ3) is 2.51. The lowest BCUT2D eigenvalue weighted by Gasteiger charge is -2.36. The molecule has 2 rings (SSSR count). The Bertz CT molecular complexity index is 286. The van der Waals surface area contributed by atoms with Crippen molar-refractivity contribution in [3.05, 3.63) is 0 Å². The largest absolute Gasteiger partial charge is 0.355 e. The summed E-state index contributed by atoms with van der Waals surface area (Å²) in [5, 5.41) is 2.78. The molecule has 2 fully saturated rings. The van der Waals surface area contributed by atoms with Crippen LogP contribution < -0.4 is 5.32 Å². The van der Waals surface area contributed by atoms with Gasteiger partial charge in [-0.1, -0.05) is 0 Å². The second-order valence-corrected chi connectivity index (χ2v) is 5.65. The highest BCUT2D eigenvalue weighted by Gasteiger charge is 2.31. The van der Waals surface area contributed by atoms with Gasteiger partial charge in [0.05, 0.1) is 5.92 Å². The van der Waals surface area contributed by atoms with Crippen molar-refractivity contribution in [2.45, 2.75) is 25.8 Å². The van der Waals surface area contributed by atoms with E-state index in [0.29, 0.717) is 25.4 Å². The van der Waals surface area contributed by atoms with Crippen molar-refractivity contribution in [1.29, 1.82) is 0 Å². The number of hydrogen-bond donors (Lipinski definition) is 1. The van der Waals surface area contributed by atoms with E-state index in [1.807, 2.05) is 16.7 Å². The minimum Gasteiger partial charge on any atom is -0.355 e. The van der Waals surface area contributed by atoms with Crippen LogP contribution in [0.15, 0.2) is 0 Å². The van der Waals surface area contributed by atoms with E-state index in [1.54, 1.807) is 0 Å². The minimum absolute atomic E-state index is 0.00301. The van der Waals surface area contributed by atoms with Gasteiger partial charge < -0.3 is 10.2 Å². The quantitative estimate of drug-likeness (QED) is 0.727. The topological polar surface area (TPSA) is 49.4 Å². The SMILES string of the molecule is CC1CSCCN1C(=O)C1CCC(=O)NC1. The Balaban J connectivity index is 1.93. The molecule has 16 heavy (non-hydrogen) atoms. The van der Waals surface area contributed by atoms with E-state index >= 15 is 0 Å². The monoisotopic (exact) mass is 242 g/mol. The lowest BCUT2D eigenvalue weighted by atomic mass is 9.97. The molecule has 0 bridgehead atoms. The highest BCUT2D eigenvalue weighted by molar-refractivity contribution is 7.99. The number of nitrogens with one attached hydrogen (secondary N) is 1. The van der Waals surface area contributed by atoms with Crippen molar-refractivity contribution in [3.8, 4) is 0 Å². The van der Waals surface area contributed by atoms with Gasteiger partial charge in [0.1, 0.15) is 0 Å². The molecule has 0 aromatic carbocycles. The van der Waals surface area contributed by atoms with E-state index in [4.69, 9.17) is 0 Å². The Morgan fingerprint density at radius 1 is 1.56 bits per heavy atom. The maximum absolute atomic E-state index is 12.2. The zero-order valence-electron chi connectivity index (χ0n) is 9.57. The summed E-state index contributed by atoms with van der Waals surface area (Å²) in [6.45, 7) is 3.48. The molecule has 0 radical (unpaired) electrons. The van der Waals surface area contributed by atoms with Crippen molar-refractivity contribution in [2.75, 3.05) is 24.6 Å². The average Bonchev–Trinajstić information content (AvgIpc) is 2.30. The normalized spacial score (nSPS) is 31.1. The van der Waals surface area contributed by atoms with Gasteiger partial charge in [-0.05, 0) is 13.3 Å². The summed E-state index contributed by atoms with van der Waals surface area (Å²) < 4.78 is 0. The van der Waals surface area contributed by atoms with Crippen LogP contribution in [0.4, 0.5) is 0 Å². The molecule has 4 nitrogen and oxygen atoms in total. The number of hydrogen-bond acceptors (Lipinski definition) is 3. The van der Waals surface area contributed by atoms with Crippen LogP contribution in [0.2, 0.25) is 0 Å². The lowest BCUT2D eigenvalue weighted by Crippen LogP contribution is -2.50. The Hall–Kier alpha value is -0.710. The van der Waals surface area contributed by atoms with Crippen molar-refractivity contribution in [1.82, 2.24) is 10.2 Å². The fourth-order valence-electron chi connectivity index (χ4n) is 2.23. The fraction of sp³-hybridized carbons (Fsp3) is 0.818. The molecule has 0 aromatic rings. The Kier molecular flexibility index (Phi) is 3.74. The van der Waals surface area contributed by atoms with E-state index in [9.17, 15) is 9.59 Å². The van der Waals surface area contributed by atoms with Gasteiger partial charge in [0.15, 0.2) is 0 Å². The van der Waals surface area contributed by atoms with Crippen LogP contribution in [0.3, 0.4) is 0 Å². The van der Waals surface area contributed by atoms with Crippen LogP contribution in [0, 0.1) is 5.92 Å². The van der Waals surface area contributed by atoms with Crippen LogP contribution in [0.1, 0.15) is 19.8 Å². The summed E-state index contributed by atoms with van der Waals surface area (Å²) in [6, 6.07) is 0.337. The molecule has 2 amide bonds. The summed E-state index contributed by atoms with van der Waals surface area (Å²) in [5.74, 6) is 2.38. The first-order valence-corrected chi connectivity index (χ1v) is 6.99. The smallest absolute Gasteiger partial charge is 0.227 e. The molecular weight excluding hydrogens is 224 g/mol. The first-order chi connectivity index (χ1) is 7.68. The minimum atomic E-state index is 0.00301. The Morgan fingerprint density at radius 2 is 2.38 bits per heavy atom. The molecule has 0 aliphatic carbocycles. The number of carbonyl (C=O) groups excluding carboxylic acids is 2. The molecule has 5 heteroatoms. The predicted octanol–water partition coefficient (Wildman–Crippen LogP) is 0.476. The van der Waals surface area contributed by atoms with E-state index in [0.717, 1.165) is 18.1 Å². The van der Waals surface area contributed by atoms with Crippen LogP contribution in [0.25, 0.3) is 0 Å². The molecule has 0 saturated carbocycles. The molecule has 2 saturated heterocycles. The first kappa shape index (κ1) is 11.8. The van der Waals surface area contributed by atoms with Gasteiger partial charge in [0.2, 0.25) is 11.8 Å². The van der Waals surface area contributed by atoms with Crippen LogP contribution in [0.5, 0.6) is 0 Å². The molecule has 2 heterocycles. The Labute approximate surface area is 100 Å². The molecule has 0 aromatic heterocycles. The molecule has 1 N–H and O–H groups in total. The molecule has 2 aliphatic heterocycles. The summed E-state index contributed by atoms with van der Waals surface area (Å²) in [4.78, 5) is 25.3. The third-order valence-electron chi connectivity index (χ3n) is 3.27. The molecule has 90 valence electrons. The summed E-state index contributed by atoms with van der Waals surface area (Å²) in [6.07, 6.45) is 1.20.